The van der Waals surface area contributed by atoms with Crippen LogP contribution in [-0.2, 0) is 5.75 Å². The molecule has 0 saturated carbocycles. The Kier molecular flexibility index (Phi) is 4.26. The molecule has 1 aromatic heterocycles. The molecule has 2 aromatic rings. The van der Waals surface area contributed by atoms with Gasteiger partial charge in [-0.05, 0) is 18.6 Å². The van der Waals surface area contributed by atoms with Gasteiger partial charge in [0.15, 0.2) is 0 Å². The van der Waals surface area contributed by atoms with Crippen molar-refractivity contribution in [3.63, 3.8) is 0 Å². The molecule has 0 fully saturated rings. The third-order valence-electron chi connectivity index (χ3n) is 2.16. The summed E-state index contributed by atoms with van der Waals surface area (Å²) in [7, 11) is 0. The van der Waals surface area contributed by atoms with Crippen LogP contribution < -0.4 is 0 Å². The lowest BCUT2D eigenvalue weighted by molar-refractivity contribution is 1.03. The molecule has 0 radical (unpaired) electrons. The molecule has 2 rings (SSSR count). The minimum absolute atomic E-state index is 0.380. The van der Waals surface area contributed by atoms with Crippen LogP contribution in [0, 0.1) is 6.92 Å². The lowest BCUT2D eigenvalue weighted by Gasteiger charge is -2.04. The molecule has 0 unspecified atom stereocenters. The van der Waals surface area contributed by atoms with Crippen LogP contribution in [0.25, 0.3) is 0 Å². The van der Waals surface area contributed by atoms with Gasteiger partial charge in [-0.1, -0.05) is 41.4 Å². The smallest absolute Gasteiger partial charge is 0.142 e. The van der Waals surface area contributed by atoms with E-state index in [0.717, 1.165) is 0 Å². The number of hydrogen-bond acceptors (Lipinski definition) is 3. The third kappa shape index (κ3) is 3.60. The number of aromatic nitrogens is 2. The zero-order valence-corrected chi connectivity index (χ0v) is 11.5. The monoisotopic (exact) mass is 284 g/mol. The van der Waals surface area contributed by atoms with Crippen LogP contribution in [0.3, 0.4) is 0 Å². The topological polar surface area (TPSA) is 25.8 Å². The molecule has 0 bridgehead atoms. The molecule has 0 aliphatic carbocycles. The molecule has 17 heavy (non-hydrogen) atoms. The maximum Gasteiger partial charge on any atom is 0.142 e. The number of thioether (sulfide) groups is 1. The van der Waals surface area contributed by atoms with E-state index >= 15 is 0 Å². The molecule has 0 spiro atoms. The predicted molar refractivity (Wildman–Crippen MR) is 72.8 cm³/mol. The Morgan fingerprint density at radius 2 is 1.76 bits per heavy atom. The van der Waals surface area contributed by atoms with E-state index in [1.165, 1.54) is 16.5 Å². The van der Waals surface area contributed by atoms with E-state index in [1.54, 1.807) is 11.8 Å². The summed E-state index contributed by atoms with van der Waals surface area (Å²) in [6, 6.07) is 9.72. The normalized spacial score (nSPS) is 10.5. The second-order valence-electron chi connectivity index (χ2n) is 3.48. The number of benzene rings is 1. The van der Waals surface area contributed by atoms with Crippen molar-refractivity contribution in [2.24, 2.45) is 0 Å². The summed E-state index contributed by atoms with van der Waals surface area (Å²) in [4.78, 5) is 9.47. The lowest BCUT2D eigenvalue weighted by Crippen LogP contribution is -1.93. The van der Waals surface area contributed by atoms with Gasteiger partial charge in [0.25, 0.3) is 0 Å². The van der Waals surface area contributed by atoms with Crippen molar-refractivity contribution in [3.05, 3.63) is 52.0 Å². The summed E-state index contributed by atoms with van der Waals surface area (Å²) in [6.45, 7) is 2.08. The Morgan fingerprint density at radius 1 is 1.12 bits per heavy atom. The molecule has 0 atom stereocenters. The van der Waals surface area contributed by atoms with E-state index in [-0.39, 0.29) is 0 Å². The zero-order chi connectivity index (χ0) is 12.3. The van der Waals surface area contributed by atoms with Crippen molar-refractivity contribution < 1.29 is 0 Å². The summed E-state index contributed by atoms with van der Waals surface area (Å²) in [5.74, 6) is 1.31. The fourth-order valence-electron chi connectivity index (χ4n) is 1.36. The highest BCUT2D eigenvalue weighted by molar-refractivity contribution is 7.98. The van der Waals surface area contributed by atoms with Crippen molar-refractivity contribution in [1.29, 1.82) is 0 Å². The SMILES string of the molecule is Cc1ccccc1SCc1nc(Cl)cc(Cl)n1. The molecule has 0 N–H and O–H groups in total. The summed E-state index contributed by atoms with van der Waals surface area (Å²) in [5, 5.41) is 0.760. The van der Waals surface area contributed by atoms with Gasteiger partial charge in [-0.25, -0.2) is 9.97 Å². The molecular weight excluding hydrogens is 275 g/mol. The summed E-state index contributed by atoms with van der Waals surface area (Å²) < 4.78 is 0. The molecular formula is C12H10Cl2N2S. The summed E-state index contributed by atoms with van der Waals surface area (Å²) >= 11 is 13.3. The van der Waals surface area contributed by atoms with Gasteiger partial charge >= 0.3 is 0 Å². The summed E-state index contributed by atoms with van der Waals surface area (Å²) in [5.41, 5.74) is 1.24. The van der Waals surface area contributed by atoms with E-state index in [9.17, 15) is 0 Å². The molecule has 0 aliphatic rings. The molecule has 1 aromatic carbocycles. The second kappa shape index (κ2) is 5.71. The Morgan fingerprint density at radius 3 is 2.41 bits per heavy atom. The van der Waals surface area contributed by atoms with E-state index in [4.69, 9.17) is 23.2 Å². The van der Waals surface area contributed by atoms with Gasteiger partial charge in [0.2, 0.25) is 0 Å². The minimum Gasteiger partial charge on any atom is -0.220 e. The quantitative estimate of drug-likeness (QED) is 0.618. The first-order chi connectivity index (χ1) is 8.15. The summed E-state index contributed by atoms with van der Waals surface area (Å²) in [6.07, 6.45) is 0. The number of rotatable bonds is 3. The van der Waals surface area contributed by atoms with Crippen LogP contribution in [0.1, 0.15) is 11.4 Å². The van der Waals surface area contributed by atoms with Crippen molar-refractivity contribution in [2.75, 3.05) is 0 Å². The van der Waals surface area contributed by atoms with E-state index in [0.29, 0.717) is 21.9 Å². The largest absolute Gasteiger partial charge is 0.220 e. The minimum atomic E-state index is 0.380. The first-order valence-electron chi connectivity index (χ1n) is 5.02. The molecule has 0 amide bonds. The lowest BCUT2D eigenvalue weighted by atomic mass is 10.2. The third-order valence-corrected chi connectivity index (χ3v) is 3.72. The Balaban J connectivity index is 2.10. The van der Waals surface area contributed by atoms with Gasteiger partial charge in [0.05, 0.1) is 5.75 Å². The first kappa shape index (κ1) is 12.7. The van der Waals surface area contributed by atoms with Crippen molar-refractivity contribution in [2.45, 2.75) is 17.6 Å². The molecule has 5 heteroatoms. The molecule has 2 nitrogen and oxygen atoms in total. The fourth-order valence-corrected chi connectivity index (χ4v) is 2.70. The van der Waals surface area contributed by atoms with Gasteiger partial charge < -0.3 is 0 Å². The number of aryl methyl sites for hydroxylation is 1. The van der Waals surface area contributed by atoms with E-state index in [1.807, 2.05) is 12.1 Å². The van der Waals surface area contributed by atoms with Crippen LogP contribution in [0.4, 0.5) is 0 Å². The van der Waals surface area contributed by atoms with Gasteiger partial charge in [-0.3, -0.25) is 0 Å². The molecule has 0 saturated heterocycles. The molecule has 1 heterocycles. The molecule has 0 aliphatic heterocycles. The molecule has 88 valence electrons. The Labute approximate surface area is 114 Å². The highest BCUT2D eigenvalue weighted by Crippen LogP contribution is 2.25. The number of nitrogens with zero attached hydrogens (tertiary/aromatic N) is 2. The van der Waals surface area contributed by atoms with Gasteiger partial charge in [0, 0.05) is 11.0 Å². The van der Waals surface area contributed by atoms with Crippen LogP contribution in [-0.4, -0.2) is 9.97 Å². The van der Waals surface area contributed by atoms with E-state index < -0.39 is 0 Å². The zero-order valence-electron chi connectivity index (χ0n) is 9.15. The highest BCUT2D eigenvalue weighted by atomic mass is 35.5. The Hall–Kier alpha value is -0.770. The predicted octanol–water partition coefficient (Wildman–Crippen LogP) is 4.38. The average molecular weight is 285 g/mol. The van der Waals surface area contributed by atoms with Crippen LogP contribution in [0.2, 0.25) is 10.3 Å². The van der Waals surface area contributed by atoms with Crippen molar-refractivity contribution in [3.8, 4) is 0 Å². The maximum absolute atomic E-state index is 5.82. The maximum atomic E-state index is 5.82. The highest BCUT2D eigenvalue weighted by Gasteiger charge is 2.04. The van der Waals surface area contributed by atoms with Crippen LogP contribution in [0.5, 0.6) is 0 Å². The number of halogens is 2. The van der Waals surface area contributed by atoms with Crippen LogP contribution in [0.15, 0.2) is 35.2 Å². The first-order valence-corrected chi connectivity index (χ1v) is 6.76. The standard InChI is InChI=1S/C12H10Cl2N2S/c1-8-4-2-3-5-9(8)17-7-12-15-10(13)6-11(14)16-12/h2-6H,7H2,1H3. The van der Waals surface area contributed by atoms with Gasteiger partial charge in [-0.2, -0.15) is 0 Å². The van der Waals surface area contributed by atoms with Crippen molar-refractivity contribution >= 4 is 35.0 Å². The van der Waals surface area contributed by atoms with E-state index in [2.05, 4.69) is 29.0 Å². The average Bonchev–Trinajstić information content (AvgIpc) is 2.27. The van der Waals surface area contributed by atoms with Crippen LogP contribution >= 0.6 is 35.0 Å². The fraction of sp³-hybridized carbons (Fsp3) is 0.167. The van der Waals surface area contributed by atoms with Gasteiger partial charge in [-0.15, -0.1) is 11.8 Å². The number of hydrogen-bond donors (Lipinski definition) is 0. The van der Waals surface area contributed by atoms with Crippen molar-refractivity contribution in [1.82, 2.24) is 9.97 Å². The Bertz CT molecular complexity index is 511. The van der Waals surface area contributed by atoms with Gasteiger partial charge in [0.1, 0.15) is 16.1 Å². The second-order valence-corrected chi connectivity index (χ2v) is 5.28.